The number of carbonyl (C=O) groups excluding carboxylic acids is 2. The van der Waals surface area contributed by atoms with E-state index < -0.39 is 52.1 Å². The van der Waals surface area contributed by atoms with E-state index in [9.17, 15) is 35.9 Å². The fourth-order valence-electron chi connectivity index (χ4n) is 5.67. The summed E-state index contributed by atoms with van der Waals surface area (Å²) in [6.07, 6.45) is -3.99. The fourth-order valence-corrected chi connectivity index (χ4v) is 5.67. The quantitative estimate of drug-likeness (QED) is 0.371. The third kappa shape index (κ3) is 8.04. The first-order chi connectivity index (χ1) is 20.0. The number of hydrogen-bond acceptors (Lipinski definition) is 4. The van der Waals surface area contributed by atoms with Gasteiger partial charge in [0.2, 0.25) is 5.91 Å². The second-order valence-electron chi connectivity index (χ2n) is 11.9. The Hall–Kier alpha value is -3.67. The van der Waals surface area contributed by atoms with Crippen molar-refractivity contribution in [2.45, 2.75) is 69.0 Å². The number of amides is 2. The van der Waals surface area contributed by atoms with Gasteiger partial charge >= 0.3 is 12.4 Å². The minimum Gasteiger partial charge on any atom is -0.354 e. The Labute approximate surface area is 246 Å². The minimum absolute atomic E-state index is 0.00941. The van der Waals surface area contributed by atoms with Crippen molar-refractivity contribution in [2.75, 3.05) is 13.1 Å². The molecule has 0 aliphatic carbocycles. The Morgan fingerprint density at radius 1 is 1.02 bits per heavy atom. The van der Waals surface area contributed by atoms with E-state index in [1.165, 1.54) is 4.90 Å². The van der Waals surface area contributed by atoms with Crippen LogP contribution in [0, 0.1) is 5.92 Å². The lowest BCUT2D eigenvalue weighted by molar-refractivity contribution is -0.143. The fraction of sp³-hybridized carbons (Fsp3) is 0.452. The second-order valence-corrected chi connectivity index (χ2v) is 11.9. The van der Waals surface area contributed by atoms with Crippen LogP contribution < -0.4 is 11.1 Å². The summed E-state index contributed by atoms with van der Waals surface area (Å²) in [7, 11) is 0. The third-order valence-corrected chi connectivity index (χ3v) is 7.80. The van der Waals surface area contributed by atoms with E-state index in [0.717, 1.165) is 5.56 Å². The molecule has 3 atom stereocenters. The summed E-state index contributed by atoms with van der Waals surface area (Å²) >= 11 is 0. The van der Waals surface area contributed by atoms with E-state index in [-0.39, 0.29) is 37.4 Å². The average molecular weight is 609 g/mol. The highest BCUT2D eigenvalue weighted by Gasteiger charge is 2.45. The molecule has 2 aliphatic rings. The maximum absolute atomic E-state index is 13.7. The van der Waals surface area contributed by atoms with E-state index >= 15 is 0 Å². The molecule has 3 unspecified atom stereocenters. The number of benzene rings is 2. The third-order valence-electron chi connectivity index (χ3n) is 7.80. The molecule has 0 aromatic heterocycles. The van der Waals surface area contributed by atoms with Crippen LogP contribution in [0.25, 0.3) is 0 Å². The lowest BCUT2D eigenvalue weighted by Gasteiger charge is -2.45. The monoisotopic (exact) mass is 608 g/mol. The summed E-state index contributed by atoms with van der Waals surface area (Å²) < 4.78 is 81.3. The highest BCUT2D eigenvalue weighted by molar-refractivity contribution is 5.95. The molecule has 0 saturated carbocycles. The summed E-state index contributed by atoms with van der Waals surface area (Å²) in [6.45, 7) is 3.86. The topological polar surface area (TPSA) is 87.8 Å². The zero-order valence-electron chi connectivity index (χ0n) is 23.8. The van der Waals surface area contributed by atoms with Crippen LogP contribution in [0.15, 0.2) is 65.7 Å². The molecule has 232 valence electrons. The van der Waals surface area contributed by atoms with Crippen molar-refractivity contribution in [1.29, 1.82) is 0 Å². The molecular weight excluding hydrogens is 574 g/mol. The molecule has 6 nitrogen and oxygen atoms in total. The van der Waals surface area contributed by atoms with Gasteiger partial charge in [0.25, 0.3) is 5.91 Å². The van der Waals surface area contributed by atoms with Gasteiger partial charge < -0.3 is 16.0 Å². The molecule has 0 spiro atoms. The first kappa shape index (κ1) is 32.2. The number of piperidine rings is 1. The van der Waals surface area contributed by atoms with E-state index in [0.29, 0.717) is 31.4 Å². The van der Waals surface area contributed by atoms with Crippen LogP contribution >= 0.6 is 0 Å². The number of carbonyl (C=O) groups is 2. The van der Waals surface area contributed by atoms with E-state index in [4.69, 9.17) is 5.73 Å². The first-order valence-corrected chi connectivity index (χ1v) is 13.9. The van der Waals surface area contributed by atoms with E-state index in [1.807, 2.05) is 24.3 Å². The van der Waals surface area contributed by atoms with Gasteiger partial charge in [0, 0.05) is 36.4 Å². The van der Waals surface area contributed by atoms with Gasteiger partial charge in [0.05, 0.1) is 23.1 Å². The van der Waals surface area contributed by atoms with Gasteiger partial charge in [-0.1, -0.05) is 36.4 Å². The Kier molecular flexibility index (Phi) is 9.10. The maximum Gasteiger partial charge on any atom is 0.416 e. The number of aliphatic imine (C=N–C) groups is 1. The molecule has 3 N–H and O–H groups in total. The van der Waals surface area contributed by atoms with Gasteiger partial charge in [-0.2, -0.15) is 26.3 Å². The van der Waals surface area contributed by atoms with Crippen LogP contribution in [0.5, 0.6) is 0 Å². The zero-order chi connectivity index (χ0) is 31.6. The van der Waals surface area contributed by atoms with E-state index in [2.05, 4.69) is 10.3 Å². The molecule has 2 aromatic rings. The van der Waals surface area contributed by atoms with Gasteiger partial charge in [-0.15, -0.1) is 0 Å². The second kappa shape index (κ2) is 12.1. The van der Waals surface area contributed by atoms with Crippen molar-refractivity contribution < 1.29 is 35.9 Å². The summed E-state index contributed by atoms with van der Waals surface area (Å²) in [6, 6.07) is 9.47. The molecule has 2 amide bonds. The molecule has 0 radical (unpaired) electrons. The van der Waals surface area contributed by atoms with Crippen LogP contribution in [0.4, 0.5) is 26.3 Å². The van der Waals surface area contributed by atoms with Crippen LogP contribution in [0.3, 0.4) is 0 Å². The highest BCUT2D eigenvalue weighted by Crippen LogP contribution is 2.41. The molecule has 4 rings (SSSR count). The largest absolute Gasteiger partial charge is 0.416 e. The van der Waals surface area contributed by atoms with Gasteiger partial charge in [-0.3, -0.25) is 14.6 Å². The average Bonchev–Trinajstić information content (AvgIpc) is 3.40. The Balaban J connectivity index is 1.65. The molecule has 0 bridgehead atoms. The number of halogens is 6. The Morgan fingerprint density at radius 3 is 2.19 bits per heavy atom. The lowest BCUT2D eigenvalue weighted by atomic mass is 9.73. The summed E-state index contributed by atoms with van der Waals surface area (Å²) in [5.41, 5.74) is 1.53. The molecule has 1 saturated heterocycles. The maximum atomic E-state index is 13.7. The lowest BCUT2D eigenvalue weighted by Crippen LogP contribution is -2.52. The SMILES string of the molecule is CC(C)(N)CNC(=O)CC1(C2CCN(C(=O)c3cc(C(F)(F)F)cc(C(F)(F)F)c3)C(Cc3ccccc3)C2)C=CC=N1. The van der Waals surface area contributed by atoms with Gasteiger partial charge in [-0.25, -0.2) is 0 Å². The Morgan fingerprint density at radius 2 is 1.65 bits per heavy atom. The molecule has 2 heterocycles. The van der Waals surface area contributed by atoms with Gasteiger partial charge in [0.15, 0.2) is 0 Å². The predicted octanol–water partition coefficient (Wildman–Crippen LogP) is 5.81. The van der Waals surface area contributed by atoms with Crippen molar-refractivity contribution in [2.24, 2.45) is 16.6 Å². The number of nitrogens with one attached hydrogen (secondary N) is 1. The summed E-state index contributed by atoms with van der Waals surface area (Å²) in [5, 5.41) is 2.83. The van der Waals surface area contributed by atoms with E-state index in [1.54, 1.807) is 38.3 Å². The summed E-state index contributed by atoms with van der Waals surface area (Å²) in [5.74, 6) is -1.41. The molecule has 2 aromatic carbocycles. The van der Waals surface area contributed by atoms with Crippen molar-refractivity contribution in [3.63, 3.8) is 0 Å². The number of rotatable bonds is 8. The number of nitrogens with zero attached hydrogens (tertiary/aromatic N) is 2. The highest BCUT2D eigenvalue weighted by atomic mass is 19.4. The molecule has 12 heteroatoms. The van der Waals surface area contributed by atoms with Crippen molar-refractivity contribution in [3.05, 3.63) is 82.9 Å². The molecule has 43 heavy (non-hydrogen) atoms. The number of hydrogen-bond donors (Lipinski definition) is 2. The number of allylic oxidation sites excluding steroid dienone is 1. The summed E-state index contributed by atoms with van der Waals surface area (Å²) in [4.78, 5) is 32.6. The molecular formula is C31H34F6N4O2. The smallest absolute Gasteiger partial charge is 0.354 e. The molecule has 2 aliphatic heterocycles. The minimum atomic E-state index is -5.08. The zero-order valence-corrected chi connectivity index (χ0v) is 23.8. The van der Waals surface area contributed by atoms with Crippen LogP contribution in [0.2, 0.25) is 0 Å². The van der Waals surface area contributed by atoms with Gasteiger partial charge in [-0.05, 0) is 68.9 Å². The Bertz CT molecular complexity index is 1340. The standard InChI is InChI=1S/C31H34F6N4O2/c1-28(2,38)19-39-26(42)18-29(10-6-11-40-29)22-9-12-41(25(17-22)13-20-7-4-3-5-8-20)27(43)21-14-23(30(32,33)34)16-24(15-21)31(35,36)37/h3-8,10-11,14-16,22,25H,9,12-13,17-19,38H2,1-2H3,(H,39,42). The first-order valence-electron chi connectivity index (χ1n) is 13.9. The van der Waals surface area contributed by atoms with Crippen molar-refractivity contribution >= 4 is 18.0 Å². The van der Waals surface area contributed by atoms with Gasteiger partial charge in [0.1, 0.15) is 0 Å². The number of nitrogens with two attached hydrogens (primary N) is 1. The normalized spacial score (nSPS) is 22.6. The molecule has 1 fully saturated rings. The number of likely N-dealkylation sites (tertiary alicyclic amines) is 1. The number of alkyl halides is 6. The van der Waals surface area contributed by atoms with Crippen LogP contribution in [-0.2, 0) is 23.6 Å². The predicted molar refractivity (Wildman–Crippen MR) is 150 cm³/mol. The van der Waals surface area contributed by atoms with Crippen LogP contribution in [0.1, 0.15) is 60.2 Å². The van der Waals surface area contributed by atoms with Crippen molar-refractivity contribution in [3.8, 4) is 0 Å². The van der Waals surface area contributed by atoms with Crippen molar-refractivity contribution in [1.82, 2.24) is 10.2 Å². The van der Waals surface area contributed by atoms with Crippen LogP contribution in [-0.4, -0.2) is 53.1 Å².